The van der Waals surface area contributed by atoms with E-state index in [2.05, 4.69) is 17.2 Å². The first-order valence-electron chi connectivity index (χ1n) is 4.62. The Bertz CT molecular complexity index is 327. The number of nitrogens with two attached hydrogens (primary N) is 1. The van der Waals surface area contributed by atoms with Crippen LogP contribution >= 0.6 is 23.1 Å². The molecule has 0 spiro atoms. The average Bonchev–Trinajstić information content (AvgIpc) is 2.73. The Morgan fingerprint density at radius 1 is 1.80 bits per heavy atom. The van der Waals surface area contributed by atoms with Crippen LogP contribution in [0.25, 0.3) is 0 Å². The minimum Gasteiger partial charge on any atom is -0.350 e. The summed E-state index contributed by atoms with van der Waals surface area (Å²) in [6.07, 6.45) is 2.02. The molecule has 0 aliphatic carbocycles. The molecule has 1 amide bonds. The first-order valence-corrected chi connectivity index (χ1v) is 6.79. The molecule has 0 saturated heterocycles. The predicted molar refractivity (Wildman–Crippen MR) is 65.3 cm³/mol. The van der Waals surface area contributed by atoms with Gasteiger partial charge in [-0.3, -0.25) is 4.79 Å². The molecular formula is C9H15N3OS2. The lowest BCUT2D eigenvalue weighted by atomic mass is 10.4. The molecule has 84 valence electrons. The minimum absolute atomic E-state index is 0.119. The van der Waals surface area contributed by atoms with Gasteiger partial charge in [0.15, 0.2) is 0 Å². The predicted octanol–water partition coefficient (Wildman–Crippen LogP) is 1.08. The van der Waals surface area contributed by atoms with E-state index in [1.807, 2.05) is 6.26 Å². The van der Waals surface area contributed by atoms with Crippen LogP contribution in [0.5, 0.6) is 0 Å². The van der Waals surface area contributed by atoms with Crippen LogP contribution in [0.2, 0.25) is 0 Å². The third kappa shape index (κ3) is 3.81. The maximum atomic E-state index is 11.6. The van der Waals surface area contributed by atoms with Crippen LogP contribution in [-0.2, 0) is 6.54 Å². The van der Waals surface area contributed by atoms with E-state index in [9.17, 15) is 4.79 Å². The number of thioether (sulfide) groups is 1. The van der Waals surface area contributed by atoms with Gasteiger partial charge in [0.1, 0.15) is 10.7 Å². The molecule has 0 aliphatic heterocycles. The van der Waals surface area contributed by atoms with Crippen molar-refractivity contribution in [2.24, 2.45) is 5.73 Å². The van der Waals surface area contributed by atoms with Crippen LogP contribution in [0.1, 0.15) is 22.4 Å². The highest BCUT2D eigenvalue weighted by Gasteiger charge is 2.10. The number of amides is 1. The summed E-state index contributed by atoms with van der Waals surface area (Å²) in [4.78, 5) is 15.7. The molecule has 0 aromatic carbocycles. The van der Waals surface area contributed by atoms with Crippen molar-refractivity contribution in [3.63, 3.8) is 0 Å². The van der Waals surface area contributed by atoms with E-state index in [1.165, 1.54) is 11.3 Å². The van der Waals surface area contributed by atoms with Crippen LogP contribution < -0.4 is 11.1 Å². The molecule has 1 aromatic heterocycles. The van der Waals surface area contributed by atoms with Crippen molar-refractivity contribution in [1.82, 2.24) is 10.3 Å². The molecule has 0 aliphatic rings. The summed E-state index contributed by atoms with van der Waals surface area (Å²) in [7, 11) is 0. The highest BCUT2D eigenvalue weighted by molar-refractivity contribution is 7.99. The lowest BCUT2D eigenvalue weighted by Crippen LogP contribution is -2.29. The monoisotopic (exact) mass is 245 g/mol. The standard InChI is InChI=1S/C9H15N3OS2/c1-6(14-2)4-11-9(13)7-5-15-8(3-10)12-7/h5-6H,3-4,10H2,1-2H3,(H,11,13). The van der Waals surface area contributed by atoms with Crippen molar-refractivity contribution in [2.45, 2.75) is 18.7 Å². The Balaban J connectivity index is 2.46. The minimum atomic E-state index is -0.119. The van der Waals surface area contributed by atoms with E-state index in [-0.39, 0.29) is 5.91 Å². The largest absolute Gasteiger partial charge is 0.350 e. The number of carbonyl (C=O) groups is 1. The Kier molecular flexibility index (Phi) is 5.07. The number of aromatic nitrogens is 1. The summed E-state index contributed by atoms with van der Waals surface area (Å²) in [5.41, 5.74) is 5.89. The van der Waals surface area contributed by atoms with Crippen molar-refractivity contribution in [1.29, 1.82) is 0 Å². The molecule has 4 nitrogen and oxygen atoms in total. The Hall–Kier alpha value is -0.590. The van der Waals surface area contributed by atoms with Gasteiger partial charge in [-0.1, -0.05) is 6.92 Å². The number of hydrogen-bond acceptors (Lipinski definition) is 5. The van der Waals surface area contributed by atoms with Crippen LogP contribution in [0.15, 0.2) is 5.38 Å². The SMILES string of the molecule is CSC(C)CNC(=O)c1csc(CN)n1. The third-order valence-corrected chi connectivity index (χ3v) is 3.75. The van der Waals surface area contributed by atoms with Crippen molar-refractivity contribution in [3.05, 3.63) is 16.1 Å². The molecule has 1 heterocycles. The molecule has 6 heteroatoms. The smallest absolute Gasteiger partial charge is 0.270 e. The number of carbonyl (C=O) groups excluding carboxylic acids is 1. The topological polar surface area (TPSA) is 68.0 Å². The van der Waals surface area contributed by atoms with Crippen LogP contribution in [-0.4, -0.2) is 28.9 Å². The summed E-state index contributed by atoms with van der Waals surface area (Å²) in [6.45, 7) is 3.12. The summed E-state index contributed by atoms with van der Waals surface area (Å²) in [5, 5.41) is 5.78. The molecular weight excluding hydrogens is 230 g/mol. The van der Waals surface area contributed by atoms with Gasteiger partial charge in [-0.2, -0.15) is 11.8 Å². The van der Waals surface area contributed by atoms with Crippen molar-refractivity contribution in [3.8, 4) is 0 Å². The zero-order chi connectivity index (χ0) is 11.3. The Labute approximate surface area is 97.7 Å². The van der Waals surface area contributed by atoms with Crippen LogP contribution in [0.4, 0.5) is 0 Å². The van der Waals surface area contributed by atoms with Crippen molar-refractivity contribution in [2.75, 3.05) is 12.8 Å². The van der Waals surface area contributed by atoms with Gasteiger partial charge in [0.05, 0.1) is 0 Å². The Morgan fingerprint density at radius 2 is 2.53 bits per heavy atom. The number of nitrogens with one attached hydrogen (secondary N) is 1. The van der Waals surface area contributed by atoms with E-state index in [0.717, 1.165) is 5.01 Å². The summed E-state index contributed by atoms with van der Waals surface area (Å²) < 4.78 is 0. The lowest BCUT2D eigenvalue weighted by molar-refractivity contribution is 0.0949. The molecule has 0 radical (unpaired) electrons. The quantitative estimate of drug-likeness (QED) is 0.814. The van der Waals surface area contributed by atoms with Crippen LogP contribution in [0.3, 0.4) is 0 Å². The van der Waals surface area contributed by atoms with Crippen molar-refractivity contribution < 1.29 is 4.79 Å². The molecule has 3 N–H and O–H groups in total. The first-order chi connectivity index (χ1) is 7.17. The number of hydrogen-bond donors (Lipinski definition) is 2. The van der Waals surface area contributed by atoms with E-state index < -0.39 is 0 Å². The first kappa shape index (κ1) is 12.5. The average molecular weight is 245 g/mol. The highest BCUT2D eigenvalue weighted by atomic mass is 32.2. The number of rotatable bonds is 5. The summed E-state index contributed by atoms with van der Waals surface area (Å²) in [5.74, 6) is -0.119. The molecule has 0 saturated carbocycles. The third-order valence-electron chi connectivity index (χ3n) is 1.91. The van der Waals surface area contributed by atoms with Gasteiger partial charge in [0, 0.05) is 23.7 Å². The number of nitrogens with zero attached hydrogens (tertiary/aromatic N) is 1. The van der Waals surface area contributed by atoms with E-state index >= 15 is 0 Å². The maximum Gasteiger partial charge on any atom is 0.270 e. The lowest BCUT2D eigenvalue weighted by Gasteiger charge is -2.08. The van der Waals surface area contributed by atoms with E-state index in [4.69, 9.17) is 5.73 Å². The second-order valence-corrected chi connectivity index (χ2v) is 5.31. The second kappa shape index (κ2) is 6.09. The zero-order valence-corrected chi connectivity index (χ0v) is 10.5. The number of thiazole rings is 1. The fourth-order valence-corrected chi connectivity index (χ4v) is 1.82. The molecule has 1 rings (SSSR count). The Morgan fingerprint density at radius 3 is 3.07 bits per heavy atom. The second-order valence-electron chi connectivity index (χ2n) is 3.09. The molecule has 0 bridgehead atoms. The fourth-order valence-electron chi connectivity index (χ4n) is 0.919. The van der Waals surface area contributed by atoms with Gasteiger partial charge in [0.25, 0.3) is 5.91 Å². The van der Waals surface area contributed by atoms with Gasteiger partial charge >= 0.3 is 0 Å². The molecule has 1 atom stereocenters. The summed E-state index contributed by atoms with van der Waals surface area (Å²) in [6, 6.07) is 0. The van der Waals surface area contributed by atoms with E-state index in [0.29, 0.717) is 24.0 Å². The van der Waals surface area contributed by atoms with E-state index in [1.54, 1.807) is 17.1 Å². The fraction of sp³-hybridized carbons (Fsp3) is 0.556. The molecule has 1 aromatic rings. The molecule has 15 heavy (non-hydrogen) atoms. The summed E-state index contributed by atoms with van der Waals surface area (Å²) >= 11 is 3.13. The van der Waals surface area contributed by atoms with Gasteiger partial charge in [-0.05, 0) is 6.26 Å². The maximum absolute atomic E-state index is 11.6. The van der Waals surface area contributed by atoms with Gasteiger partial charge in [-0.25, -0.2) is 4.98 Å². The van der Waals surface area contributed by atoms with Gasteiger partial charge in [-0.15, -0.1) is 11.3 Å². The van der Waals surface area contributed by atoms with Crippen molar-refractivity contribution >= 4 is 29.0 Å². The molecule has 1 unspecified atom stereocenters. The highest BCUT2D eigenvalue weighted by Crippen LogP contribution is 2.09. The van der Waals surface area contributed by atoms with Gasteiger partial charge < -0.3 is 11.1 Å². The normalized spacial score (nSPS) is 12.5. The van der Waals surface area contributed by atoms with Crippen LogP contribution in [0, 0.1) is 0 Å². The zero-order valence-electron chi connectivity index (χ0n) is 8.82. The van der Waals surface area contributed by atoms with Gasteiger partial charge in [0.2, 0.25) is 0 Å². The molecule has 0 fully saturated rings.